The van der Waals surface area contributed by atoms with Gasteiger partial charge < -0.3 is 15.5 Å². The predicted molar refractivity (Wildman–Crippen MR) is 115 cm³/mol. The van der Waals surface area contributed by atoms with Crippen molar-refractivity contribution < 1.29 is 0 Å². The van der Waals surface area contributed by atoms with Gasteiger partial charge in [0, 0.05) is 35.2 Å². The van der Waals surface area contributed by atoms with E-state index < -0.39 is 0 Å². The Balaban J connectivity index is 1.40. The van der Waals surface area contributed by atoms with Crippen molar-refractivity contribution in [1.29, 1.82) is 0 Å². The van der Waals surface area contributed by atoms with E-state index >= 15 is 0 Å². The molecule has 0 atom stereocenters. The van der Waals surface area contributed by atoms with Crippen LogP contribution in [0.5, 0.6) is 0 Å². The third-order valence-corrected chi connectivity index (χ3v) is 5.20. The van der Waals surface area contributed by atoms with Gasteiger partial charge >= 0.3 is 0 Å². The van der Waals surface area contributed by atoms with Crippen LogP contribution in [0.2, 0.25) is 5.02 Å². The van der Waals surface area contributed by atoms with Crippen molar-refractivity contribution in [2.45, 2.75) is 19.8 Å². The maximum Gasteiger partial charge on any atom is 0.249 e. The third kappa shape index (κ3) is 4.70. The van der Waals surface area contributed by atoms with Crippen LogP contribution in [-0.4, -0.2) is 28.3 Å². The molecule has 0 unspecified atom stereocenters. The molecule has 1 fully saturated rings. The minimum absolute atomic E-state index is 0.443. The molecule has 0 radical (unpaired) electrons. The zero-order valence-corrected chi connectivity index (χ0v) is 16.5. The molecule has 6 nitrogen and oxygen atoms in total. The Morgan fingerprint density at radius 3 is 2.29 bits per heavy atom. The van der Waals surface area contributed by atoms with Crippen LogP contribution in [0, 0.1) is 5.92 Å². The van der Waals surface area contributed by atoms with Gasteiger partial charge in [-0.2, -0.15) is 10.1 Å². The SMILES string of the molecule is CC1CCN(c2ccc(Nc3nncc(Nc4ccc(Cl)cc4)n3)cc2)CC1. The molecule has 0 bridgehead atoms. The summed E-state index contributed by atoms with van der Waals surface area (Å²) in [4.78, 5) is 6.91. The van der Waals surface area contributed by atoms with Crippen LogP contribution in [0.1, 0.15) is 19.8 Å². The van der Waals surface area contributed by atoms with Gasteiger partial charge in [0.25, 0.3) is 0 Å². The van der Waals surface area contributed by atoms with Gasteiger partial charge in [0.1, 0.15) is 0 Å². The monoisotopic (exact) mass is 394 g/mol. The lowest BCUT2D eigenvalue weighted by Gasteiger charge is -2.32. The van der Waals surface area contributed by atoms with Gasteiger partial charge in [0.05, 0.1) is 6.20 Å². The number of aromatic nitrogens is 3. The fraction of sp³-hybridized carbons (Fsp3) is 0.286. The first-order valence-corrected chi connectivity index (χ1v) is 9.88. The minimum atomic E-state index is 0.443. The zero-order valence-electron chi connectivity index (χ0n) is 15.8. The molecule has 2 aromatic carbocycles. The van der Waals surface area contributed by atoms with Crippen LogP contribution in [0.15, 0.2) is 54.7 Å². The molecular formula is C21H23ClN6. The van der Waals surface area contributed by atoms with E-state index in [4.69, 9.17) is 11.6 Å². The van der Waals surface area contributed by atoms with Crippen molar-refractivity contribution in [1.82, 2.24) is 15.2 Å². The lowest BCUT2D eigenvalue weighted by molar-refractivity contribution is 0.438. The predicted octanol–water partition coefficient (Wildman–Crippen LogP) is 5.25. The number of anilines is 5. The molecule has 1 aliphatic heterocycles. The van der Waals surface area contributed by atoms with E-state index in [1.165, 1.54) is 18.5 Å². The van der Waals surface area contributed by atoms with Crippen LogP contribution < -0.4 is 15.5 Å². The molecule has 1 saturated heterocycles. The van der Waals surface area contributed by atoms with Crippen molar-refractivity contribution in [3.05, 3.63) is 59.8 Å². The van der Waals surface area contributed by atoms with Gasteiger partial charge in [-0.3, -0.25) is 0 Å². The molecule has 3 aromatic rings. The number of hydrogen-bond donors (Lipinski definition) is 2. The van der Waals surface area contributed by atoms with E-state index in [-0.39, 0.29) is 0 Å². The highest BCUT2D eigenvalue weighted by molar-refractivity contribution is 6.30. The quantitative estimate of drug-likeness (QED) is 0.616. The van der Waals surface area contributed by atoms with Crippen LogP contribution in [0.4, 0.5) is 28.8 Å². The smallest absolute Gasteiger partial charge is 0.249 e. The summed E-state index contributed by atoms with van der Waals surface area (Å²) in [6, 6.07) is 15.8. The second-order valence-electron chi connectivity index (χ2n) is 7.14. The summed E-state index contributed by atoms with van der Waals surface area (Å²) >= 11 is 5.92. The maximum absolute atomic E-state index is 5.92. The van der Waals surface area contributed by atoms with Crippen molar-refractivity contribution in [2.75, 3.05) is 28.6 Å². The third-order valence-electron chi connectivity index (χ3n) is 4.95. The number of benzene rings is 2. The summed E-state index contributed by atoms with van der Waals surface area (Å²) in [7, 11) is 0. The van der Waals surface area contributed by atoms with Gasteiger partial charge in [-0.25, -0.2) is 0 Å². The minimum Gasteiger partial charge on any atom is -0.372 e. The topological polar surface area (TPSA) is 66.0 Å². The zero-order chi connectivity index (χ0) is 19.3. The second kappa shape index (κ2) is 8.44. The summed E-state index contributed by atoms with van der Waals surface area (Å²) in [6.07, 6.45) is 4.10. The summed E-state index contributed by atoms with van der Waals surface area (Å²) in [6.45, 7) is 4.58. The lowest BCUT2D eigenvalue weighted by atomic mass is 9.99. The molecule has 0 saturated carbocycles. The normalized spacial score (nSPS) is 14.7. The fourth-order valence-electron chi connectivity index (χ4n) is 3.25. The average Bonchev–Trinajstić information content (AvgIpc) is 2.71. The first kappa shape index (κ1) is 18.5. The van der Waals surface area contributed by atoms with E-state index in [2.05, 4.69) is 61.9 Å². The van der Waals surface area contributed by atoms with Crippen LogP contribution in [-0.2, 0) is 0 Å². The lowest BCUT2D eigenvalue weighted by Crippen LogP contribution is -2.32. The molecule has 28 heavy (non-hydrogen) atoms. The van der Waals surface area contributed by atoms with Crippen LogP contribution in [0.25, 0.3) is 0 Å². The van der Waals surface area contributed by atoms with Gasteiger partial charge in [-0.05, 0) is 67.3 Å². The molecule has 2 heterocycles. The first-order chi connectivity index (χ1) is 13.7. The Kier molecular flexibility index (Phi) is 5.58. The van der Waals surface area contributed by atoms with Gasteiger partial charge in [-0.1, -0.05) is 18.5 Å². The van der Waals surface area contributed by atoms with Crippen LogP contribution >= 0.6 is 11.6 Å². The Hall–Kier alpha value is -2.86. The van der Waals surface area contributed by atoms with Crippen molar-refractivity contribution >= 4 is 40.4 Å². The van der Waals surface area contributed by atoms with E-state index in [1.54, 1.807) is 6.20 Å². The highest BCUT2D eigenvalue weighted by atomic mass is 35.5. The Bertz CT molecular complexity index is 905. The number of hydrogen-bond acceptors (Lipinski definition) is 6. The largest absolute Gasteiger partial charge is 0.372 e. The molecule has 4 rings (SSSR count). The van der Waals surface area contributed by atoms with E-state index in [0.29, 0.717) is 16.8 Å². The fourth-order valence-corrected chi connectivity index (χ4v) is 3.38. The Morgan fingerprint density at radius 2 is 1.57 bits per heavy atom. The summed E-state index contributed by atoms with van der Waals surface area (Å²) in [5.41, 5.74) is 3.07. The molecule has 0 amide bonds. The van der Waals surface area contributed by atoms with Crippen LogP contribution in [0.3, 0.4) is 0 Å². The number of piperidine rings is 1. The molecule has 144 valence electrons. The van der Waals surface area contributed by atoms with Crippen molar-refractivity contribution in [3.8, 4) is 0 Å². The molecule has 1 aliphatic rings. The van der Waals surface area contributed by atoms with Gasteiger partial charge in [0.15, 0.2) is 5.82 Å². The number of nitrogens with zero attached hydrogens (tertiary/aromatic N) is 4. The van der Waals surface area contributed by atoms with Crippen molar-refractivity contribution in [2.24, 2.45) is 5.92 Å². The number of nitrogens with one attached hydrogen (secondary N) is 2. The Labute approximate surface area is 170 Å². The molecule has 0 aliphatic carbocycles. The highest BCUT2D eigenvalue weighted by Crippen LogP contribution is 2.25. The number of rotatable bonds is 5. The summed E-state index contributed by atoms with van der Waals surface area (Å²) < 4.78 is 0. The van der Waals surface area contributed by atoms with Gasteiger partial charge in [-0.15, -0.1) is 5.10 Å². The maximum atomic E-state index is 5.92. The van der Waals surface area contributed by atoms with Gasteiger partial charge in [0.2, 0.25) is 5.95 Å². The average molecular weight is 395 g/mol. The standard InChI is InChI=1S/C21H23ClN6/c1-15-10-12-28(13-11-15)19-8-6-18(7-9-19)25-21-26-20(14-23-27-21)24-17-4-2-16(22)3-5-17/h2-9,14-15H,10-13H2,1H3,(H2,24,25,26,27). The van der Waals surface area contributed by atoms with Crippen molar-refractivity contribution in [3.63, 3.8) is 0 Å². The molecule has 0 spiro atoms. The van der Waals surface area contributed by atoms with E-state index in [0.717, 1.165) is 30.4 Å². The summed E-state index contributed by atoms with van der Waals surface area (Å²) in [5, 5.41) is 15.2. The molecule has 1 aromatic heterocycles. The highest BCUT2D eigenvalue weighted by Gasteiger charge is 2.15. The first-order valence-electron chi connectivity index (χ1n) is 9.50. The van der Waals surface area contributed by atoms with E-state index in [1.807, 2.05) is 24.3 Å². The van der Waals surface area contributed by atoms with E-state index in [9.17, 15) is 0 Å². The molecule has 7 heteroatoms. The summed E-state index contributed by atoms with van der Waals surface area (Å²) in [5.74, 6) is 1.88. The second-order valence-corrected chi connectivity index (χ2v) is 7.57. The molecule has 2 N–H and O–H groups in total. The number of halogens is 1. The Morgan fingerprint density at radius 1 is 0.929 bits per heavy atom. The molecular weight excluding hydrogens is 372 g/mol.